The van der Waals surface area contributed by atoms with Gasteiger partial charge in [0.1, 0.15) is 0 Å². The van der Waals surface area contributed by atoms with Crippen LogP contribution in [-0.4, -0.2) is 83.5 Å². The van der Waals surface area contributed by atoms with Gasteiger partial charge in [-0.1, -0.05) is 0 Å². The molecule has 2 saturated heterocycles. The third-order valence-electron chi connectivity index (χ3n) is 4.51. The van der Waals surface area contributed by atoms with Gasteiger partial charge in [-0.15, -0.1) is 0 Å². The smallest absolute Gasteiger partial charge is 0.407 e. The summed E-state index contributed by atoms with van der Waals surface area (Å²) < 4.78 is 24.7. The van der Waals surface area contributed by atoms with E-state index in [1.54, 1.807) is 9.80 Å². The Labute approximate surface area is 128 Å². The average molecular weight is 319 g/mol. The van der Waals surface area contributed by atoms with Gasteiger partial charge in [0.25, 0.3) is 6.43 Å². The highest BCUT2D eigenvalue weighted by atomic mass is 19.3. The molecule has 2 heterocycles. The van der Waals surface area contributed by atoms with Crippen LogP contribution < -0.4 is 0 Å². The Morgan fingerprint density at radius 2 is 1.82 bits per heavy atom. The Balaban J connectivity index is 1.84. The van der Waals surface area contributed by atoms with Crippen molar-refractivity contribution < 1.29 is 23.5 Å². The number of piperidine rings is 1. The topological polar surface area (TPSA) is 64.1 Å². The van der Waals surface area contributed by atoms with E-state index in [1.807, 2.05) is 6.92 Å². The molecule has 0 spiro atoms. The molecule has 0 radical (unpaired) electrons. The number of nitrogens with zero attached hydrogens (tertiary/aromatic N) is 3. The monoisotopic (exact) mass is 319 g/mol. The van der Waals surface area contributed by atoms with Gasteiger partial charge in [0.2, 0.25) is 5.91 Å². The van der Waals surface area contributed by atoms with Crippen LogP contribution in [0.5, 0.6) is 0 Å². The highest BCUT2D eigenvalue weighted by Crippen LogP contribution is 2.22. The van der Waals surface area contributed by atoms with Crippen molar-refractivity contribution in [3.8, 4) is 0 Å². The van der Waals surface area contributed by atoms with Crippen LogP contribution in [0.2, 0.25) is 0 Å². The third-order valence-corrected chi connectivity index (χ3v) is 4.51. The standard InChI is InChI=1S/C14H23F2N3O3/c1-10-8-18(14(21)22)6-7-19(10)13(20)11-2-4-17(5-3-11)9-12(15)16/h10-12H,2-9H2,1H3,(H,21,22). The van der Waals surface area contributed by atoms with Gasteiger partial charge in [0.15, 0.2) is 0 Å². The minimum atomic E-state index is -2.34. The molecule has 0 aromatic heterocycles. The number of rotatable bonds is 3. The van der Waals surface area contributed by atoms with Gasteiger partial charge < -0.3 is 14.9 Å². The molecular formula is C14H23F2N3O3. The molecule has 8 heteroatoms. The zero-order valence-electron chi connectivity index (χ0n) is 12.8. The Kier molecular flexibility index (Phi) is 5.55. The van der Waals surface area contributed by atoms with Crippen LogP contribution in [0.25, 0.3) is 0 Å². The highest BCUT2D eigenvalue weighted by Gasteiger charge is 2.34. The zero-order chi connectivity index (χ0) is 16.3. The number of piperazine rings is 1. The van der Waals surface area contributed by atoms with Gasteiger partial charge in [-0.2, -0.15) is 0 Å². The lowest BCUT2D eigenvalue weighted by molar-refractivity contribution is -0.141. The van der Waals surface area contributed by atoms with Crippen LogP contribution >= 0.6 is 0 Å². The van der Waals surface area contributed by atoms with Crippen LogP contribution in [0.15, 0.2) is 0 Å². The summed E-state index contributed by atoms with van der Waals surface area (Å²) in [6.07, 6.45) is -2.11. The molecule has 2 amide bonds. The molecule has 2 fully saturated rings. The molecule has 1 N–H and O–H groups in total. The van der Waals surface area contributed by atoms with E-state index in [0.29, 0.717) is 45.6 Å². The number of carboxylic acid groups (broad SMARTS) is 1. The van der Waals surface area contributed by atoms with Crippen molar-refractivity contribution in [2.75, 3.05) is 39.3 Å². The van der Waals surface area contributed by atoms with Gasteiger partial charge in [0, 0.05) is 31.6 Å². The van der Waals surface area contributed by atoms with Crippen LogP contribution in [0.1, 0.15) is 19.8 Å². The molecule has 0 aliphatic carbocycles. The number of alkyl halides is 2. The summed E-state index contributed by atoms with van der Waals surface area (Å²) in [5, 5.41) is 8.99. The molecule has 0 aromatic rings. The third kappa shape index (κ3) is 4.06. The summed E-state index contributed by atoms with van der Waals surface area (Å²) in [6, 6.07) is -0.142. The Morgan fingerprint density at radius 1 is 1.18 bits per heavy atom. The van der Waals surface area contributed by atoms with Gasteiger partial charge in [-0.3, -0.25) is 9.69 Å². The van der Waals surface area contributed by atoms with E-state index in [4.69, 9.17) is 5.11 Å². The molecule has 1 atom stereocenters. The summed E-state index contributed by atoms with van der Waals surface area (Å²) >= 11 is 0. The molecule has 2 aliphatic heterocycles. The zero-order valence-corrected chi connectivity index (χ0v) is 12.8. The maximum atomic E-state index is 12.6. The average Bonchev–Trinajstić information content (AvgIpc) is 2.46. The van der Waals surface area contributed by atoms with Gasteiger partial charge >= 0.3 is 6.09 Å². The predicted octanol–water partition coefficient (Wildman–Crippen LogP) is 1.17. The molecule has 6 nitrogen and oxygen atoms in total. The number of carbonyl (C=O) groups excluding carboxylic acids is 1. The quantitative estimate of drug-likeness (QED) is 0.848. The van der Waals surface area contributed by atoms with Crippen molar-refractivity contribution >= 4 is 12.0 Å². The van der Waals surface area contributed by atoms with Crippen LogP contribution in [-0.2, 0) is 4.79 Å². The second-order valence-corrected chi connectivity index (χ2v) is 6.08. The molecule has 0 bridgehead atoms. The summed E-state index contributed by atoms with van der Waals surface area (Å²) in [6.45, 7) is 3.71. The van der Waals surface area contributed by atoms with Gasteiger partial charge in [-0.05, 0) is 32.9 Å². The van der Waals surface area contributed by atoms with Gasteiger partial charge in [0.05, 0.1) is 6.54 Å². The SMILES string of the molecule is CC1CN(C(=O)O)CCN1C(=O)C1CCN(CC(F)F)CC1. The first-order chi connectivity index (χ1) is 10.4. The molecule has 126 valence electrons. The van der Waals surface area contributed by atoms with E-state index >= 15 is 0 Å². The van der Waals surface area contributed by atoms with E-state index in [9.17, 15) is 18.4 Å². The number of halogens is 2. The van der Waals surface area contributed by atoms with E-state index in [2.05, 4.69) is 0 Å². The number of hydrogen-bond donors (Lipinski definition) is 1. The molecule has 2 aliphatic rings. The van der Waals surface area contributed by atoms with Crippen LogP contribution in [0.4, 0.5) is 13.6 Å². The summed E-state index contributed by atoms with van der Waals surface area (Å²) in [4.78, 5) is 28.3. The second kappa shape index (κ2) is 7.21. The first-order valence-electron chi connectivity index (χ1n) is 7.67. The Bertz CT molecular complexity index is 414. The van der Waals surface area contributed by atoms with E-state index in [-0.39, 0.29) is 24.4 Å². The van der Waals surface area contributed by atoms with Crippen molar-refractivity contribution in [2.24, 2.45) is 5.92 Å². The number of hydrogen-bond acceptors (Lipinski definition) is 3. The summed E-state index contributed by atoms with van der Waals surface area (Å²) in [5.41, 5.74) is 0. The van der Waals surface area contributed by atoms with Crippen molar-refractivity contribution in [1.82, 2.24) is 14.7 Å². The van der Waals surface area contributed by atoms with E-state index < -0.39 is 12.5 Å². The maximum absolute atomic E-state index is 12.6. The normalized spacial score (nSPS) is 24.8. The van der Waals surface area contributed by atoms with Crippen molar-refractivity contribution in [3.63, 3.8) is 0 Å². The number of likely N-dealkylation sites (tertiary alicyclic amines) is 1. The number of amides is 2. The maximum Gasteiger partial charge on any atom is 0.407 e. The van der Waals surface area contributed by atoms with Crippen molar-refractivity contribution in [2.45, 2.75) is 32.2 Å². The summed E-state index contributed by atoms with van der Waals surface area (Å²) in [5.74, 6) is -0.0954. The lowest BCUT2D eigenvalue weighted by Crippen LogP contribution is -2.57. The largest absolute Gasteiger partial charge is 0.465 e. The fraction of sp³-hybridized carbons (Fsp3) is 0.857. The first-order valence-corrected chi connectivity index (χ1v) is 7.67. The van der Waals surface area contributed by atoms with Crippen LogP contribution in [0, 0.1) is 5.92 Å². The first kappa shape index (κ1) is 16.9. The second-order valence-electron chi connectivity index (χ2n) is 6.08. The fourth-order valence-electron chi connectivity index (χ4n) is 3.25. The predicted molar refractivity (Wildman–Crippen MR) is 75.9 cm³/mol. The molecule has 0 aromatic carbocycles. The summed E-state index contributed by atoms with van der Waals surface area (Å²) in [7, 11) is 0. The minimum Gasteiger partial charge on any atom is -0.465 e. The molecular weight excluding hydrogens is 296 g/mol. The molecule has 2 rings (SSSR count). The Morgan fingerprint density at radius 3 is 2.32 bits per heavy atom. The molecule has 22 heavy (non-hydrogen) atoms. The number of carbonyl (C=O) groups is 2. The van der Waals surface area contributed by atoms with Crippen LogP contribution in [0.3, 0.4) is 0 Å². The molecule has 1 unspecified atom stereocenters. The van der Waals surface area contributed by atoms with Gasteiger partial charge in [-0.25, -0.2) is 13.6 Å². The van der Waals surface area contributed by atoms with Crippen molar-refractivity contribution in [3.05, 3.63) is 0 Å². The fourth-order valence-corrected chi connectivity index (χ4v) is 3.25. The lowest BCUT2D eigenvalue weighted by Gasteiger charge is -2.41. The highest BCUT2D eigenvalue weighted by molar-refractivity contribution is 5.79. The Hall–Kier alpha value is -1.44. The van der Waals surface area contributed by atoms with E-state index in [0.717, 1.165) is 0 Å². The molecule has 0 saturated carbocycles. The lowest BCUT2D eigenvalue weighted by atomic mass is 9.94. The minimum absolute atomic E-state index is 0.0363. The van der Waals surface area contributed by atoms with E-state index in [1.165, 1.54) is 4.90 Å². The van der Waals surface area contributed by atoms with Crippen molar-refractivity contribution in [1.29, 1.82) is 0 Å².